The number of methoxy groups -OCH3 is 1. The standard InChI is InChI=1S/C19H19ClN2O2/c1-11-14(9-10-21)17-15(22-11)7-8-16(24-2)18(17)19(23)12-3-5-13(20)6-4-12/h3-8,22H,9-10,21H2,1-2H3. The highest BCUT2D eigenvalue weighted by atomic mass is 35.5. The summed E-state index contributed by atoms with van der Waals surface area (Å²) in [5.41, 5.74) is 9.88. The van der Waals surface area contributed by atoms with E-state index in [1.54, 1.807) is 31.4 Å². The Kier molecular flexibility index (Phi) is 4.60. The van der Waals surface area contributed by atoms with Crippen LogP contribution in [0.2, 0.25) is 5.02 Å². The van der Waals surface area contributed by atoms with Gasteiger partial charge in [0.2, 0.25) is 0 Å². The molecule has 0 bridgehead atoms. The molecule has 24 heavy (non-hydrogen) atoms. The Labute approximate surface area is 145 Å². The number of ether oxygens (including phenoxy) is 1. The van der Waals surface area contributed by atoms with E-state index in [4.69, 9.17) is 22.1 Å². The lowest BCUT2D eigenvalue weighted by Gasteiger charge is -2.11. The average molecular weight is 343 g/mol. The number of ketones is 1. The zero-order chi connectivity index (χ0) is 17.3. The summed E-state index contributed by atoms with van der Waals surface area (Å²) in [6.45, 7) is 2.51. The number of aromatic amines is 1. The lowest BCUT2D eigenvalue weighted by atomic mass is 9.95. The van der Waals surface area contributed by atoms with Gasteiger partial charge in [-0.05, 0) is 61.9 Å². The molecule has 0 fully saturated rings. The van der Waals surface area contributed by atoms with Gasteiger partial charge < -0.3 is 15.5 Å². The van der Waals surface area contributed by atoms with Crippen LogP contribution in [-0.4, -0.2) is 24.4 Å². The minimum atomic E-state index is -0.0913. The Bertz CT molecular complexity index is 898. The van der Waals surface area contributed by atoms with Crippen molar-refractivity contribution < 1.29 is 9.53 Å². The molecular weight excluding hydrogens is 324 g/mol. The SMILES string of the molecule is COc1ccc2[nH]c(C)c(CCN)c2c1C(=O)c1ccc(Cl)cc1. The maximum absolute atomic E-state index is 13.1. The summed E-state index contributed by atoms with van der Waals surface area (Å²) in [5.74, 6) is 0.464. The number of halogens is 1. The van der Waals surface area contributed by atoms with Crippen LogP contribution < -0.4 is 10.5 Å². The smallest absolute Gasteiger partial charge is 0.197 e. The quantitative estimate of drug-likeness (QED) is 0.691. The number of aromatic nitrogens is 1. The van der Waals surface area contributed by atoms with Gasteiger partial charge in [-0.15, -0.1) is 0 Å². The van der Waals surface area contributed by atoms with Crippen LogP contribution in [0.1, 0.15) is 27.2 Å². The molecule has 4 nitrogen and oxygen atoms in total. The largest absolute Gasteiger partial charge is 0.496 e. The third-order valence-electron chi connectivity index (χ3n) is 4.19. The van der Waals surface area contributed by atoms with Crippen molar-refractivity contribution in [2.75, 3.05) is 13.7 Å². The number of hydrogen-bond acceptors (Lipinski definition) is 3. The Morgan fingerprint density at radius 1 is 1.21 bits per heavy atom. The van der Waals surface area contributed by atoms with Crippen LogP contribution in [0.5, 0.6) is 5.75 Å². The second-order valence-electron chi connectivity index (χ2n) is 5.67. The lowest BCUT2D eigenvalue weighted by Crippen LogP contribution is -2.08. The summed E-state index contributed by atoms with van der Waals surface area (Å²) in [7, 11) is 1.57. The van der Waals surface area contributed by atoms with E-state index in [1.807, 2.05) is 19.1 Å². The van der Waals surface area contributed by atoms with Gasteiger partial charge in [-0.2, -0.15) is 0 Å². The highest BCUT2D eigenvalue weighted by Crippen LogP contribution is 2.34. The summed E-state index contributed by atoms with van der Waals surface area (Å²) < 4.78 is 5.47. The van der Waals surface area contributed by atoms with Crippen LogP contribution in [0.25, 0.3) is 10.9 Å². The van der Waals surface area contributed by atoms with Crippen LogP contribution >= 0.6 is 11.6 Å². The minimum Gasteiger partial charge on any atom is -0.496 e. The van der Waals surface area contributed by atoms with Gasteiger partial charge in [0.25, 0.3) is 0 Å². The van der Waals surface area contributed by atoms with Crippen LogP contribution in [0.3, 0.4) is 0 Å². The van der Waals surface area contributed by atoms with Gasteiger partial charge in [-0.3, -0.25) is 4.79 Å². The van der Waals surface area contributed by atoms with Crippen LogP contribution in [-0.2, 0) is 6.42 Å². The van der Waals surface area contributed by atoms with E-state index in [0.29, 0.717) is 34.9 Å². The first-order valence-electron chi connectivity index (χ1n) is 7.75. The predicted octanol–water partition coefficient (Wildman–Crippen LogP) is 3.87. The fourth-order valence-electron chi connectivity index (χ4n) is 3.06. The topological polar surface area (TPSA) is 68.1 Å². The molecule has 0 aliphatic heterocycles. The molecule has 124 valence electrons. The molecule has 0 amide bonds. The number of carbonyl (C=O) groups excluding carboxylic acids is 1. The molecular formula is C19H19ClN2O2. The molecule has 0 saturated heterocycles. The molecule has 0 spiro atoms. The zero-order valence-corrected chi connectivity index (χ0v) is 14.4. The second kappa shape index (κ2) is 6.67. The highest BCUT2D eigenvalue weighted by molar-refractivity contribution is 6.30. The third kappa shape index (κ3) is 2.79. The number of hydrogen-bond donors (Lipinski definition) is 2. The van der Waals surface area contributed by atoms with Crippen molar-refractivity contribution in [3.63, 3.8) is 0 Å². The van der Waals surface area contributed by atoms with Gasteiger partial charge in [0.1, 0.15) is 5.75 Å². The van der Waals surface area contributed by atoms with Crippen molar-refractivity contribution >= 4 is 28.3 Å². The number of nitrogens with one attached hydrogen (secondary N) is 1. The van der Waals surface area contributed by atoms with Gasteiger partial charge >= 0.3 is 0 Å². The first-order chi connectivity index (χ1) is 11.6. The molecule has 0 saturated carbocycles. The van der Waals surface area contributed by atoms with Gasteiger partial charge in [0.05, 0.1) is 12.7 Å². The molecule has 0 aliphatic rings. The Hall–Kier alpha value is -2.30. The third-order valence-corrected chi connectivity index (χ3v) is 4.44. The van der Waals surface area contributed by atoms with Gasteiger partial charge in [-0.25, -0.2) is 0 Å². The van der Waals surface area contributed by atoms with Gasteiger partial charge in [0, 0.05) is 27.2 Å². The van der Waals surface area contributed by atoms with Crippen LogP contribution in [0.4, 0.5) is 0 Å². The molecule has 2 aromatic carbocycles. The molecule has 0 aliphatic carbocycles. The maximum Gasteiger partial charge on any atom is 0.197 e. The normalized spacial score (nSPS) is 11.0. The Morgan fingerprint density at radius 2 is 1.92 bits per heavy atom. The number of aryl methyl sites for hydroxylation is 1. The van der Waals surface area contributed by atoms with E-state index in [9.17, 15) is 4.79 Å². The number of H-pyrrole nitrogens is 1. The number of benzene rings is 2. The molecule has 0 radical (unpaired) electrons. The first kappa shape index (κ1) is 16.6. The van der Waals surface area contributed by atoms with Crippen molar-refractivity contribution in [1.29, 1.82) is 0 Å². The number of rotatable bonds is 5. The van der Waals surface area contributed by atoms with E-state index in [0.717, 1.165) is 22.2 Å². The lowest BCUT2D eigenvalue weighted by molar-refractivity contribution is 0.103. The fraction of sp³-hybridized carbons (Fsp3) is 0.211. The van der Waals surface area contributed by atoms with E-state index in [-0.39, 0.29) is 5.78 Å². The summed E-state index contributed by atoms with van der Waals surface area (Å²) in [6.07, 6.45) is 0.694. The molecule has 3 N–H and O–H groups in total. The molecule has 1 heterocycles. The predicted molar refractivity (Wildman–Crippen MR) is 97.2 cm³/mol. The minimum absolute atomic E-state index is 0.0913. The molecule has 3 rings (SSSR count). The molecule has 5 heteroatoms. The summed E-state index contributed by atoms with van der Waals surface area (Å²) >= 11 is 5.93. The van der Waals surface area contributed by atoms with E-state index >= 15 is 0 Å². The summed E-state index contributed by atoms with van der Waals surface area (Å²) in [5, 5.41) is 1.48. The first-order valence-corrected chi connectivity index (χ1v) is 8.13. The molecule has 1 aromatic heterocycles. The molecule has 0 atom stereocenters. The summed E-state index contributed by atoms with van der Waals surface area (Å²) in [6, 6.07) is 10.6. The van der Waals surface area contributed by atoms with Crippen molar-refractivity contribution in [2.24, 2.45) is 5.73 Å². The van der Waals surface area contributed by atoms with Crippen molar-refractivity contribution in [1.82, 2.24) is 4.98 Å². The summed E-state index contributed by atoms with van der Waals surface area (Å²) in [4.78, 5) is 16.5. The monoisotopic (exact) mass is 342 g/mol. The van der Waals surface area contributed by atoms with Crippen LogP contribution in [0, 0.1) is 6.92 Å². The van der Waals surface area contributed by atoms with Crippen molar-refractivity contribution in [3.05, 3.63) is 63.8 Å². The van der Waals surface area contributed by atoms with E-state index in [1.165, 1.54) is 0 Å². The average Bonchev–Trinajstić information content (AvgIpc) is 2.90. The number of nitrogens with two attached hydrogens (primary N) is 1. The van der Waals surface area contributed by atoms with E-state index in [2.05, 4.69) is 4.98 Å². The van der Waals surface area contributed by atoms with Crippen LogP contribution in [0.15, 0.2) is 36.4 Å². The number of carbonyl (C=O) groups is 1. The highest BCUT2D eigenvalue weighted by Gasteiger charge is 2.22. The second-order valence-corrected chi connectivity index (χ2v) is 6.11. The number of fused-ring (bicyclic) bond motifs is 1. The van der Waals surface area contributed by atoms with Gasteiger partial charge in [-0.1, -0.05) is 11.6 Å². The molecule has 0 unspecified atom stereocenters. The maximum atomic E-state index is 13.1. The Morgan fingerprint density at radius 3 is 2.54 bits per heavy atom. The van der Waals surface area contributed by atoms with Crippen molar-refractivity contribution in [2.45, 2.75) is 13.3 Å². The molecule has 3 aromatic rings. The van der Waals surface area contributed by atoms with Crippen molar-refractivity contribution in [3.8, 4) is 5.75 Å². The zero-order valence-electron chi connectivity index (χ0n) is 13.7. The fourth-order valence-corrected chi connectivity index (χ4v) is 3.19. The van der Waals surface area contributed by atoms with Gasteiger partial charge in [0.15, 0.2) is 5.78 Å². The Balaban J connectivity index is 2.27. The van der Waals surface area contributed by atoms with E-state index < -0.39 is 0 Å².